The first-order chi connectivity index (χ1) is 6.93. The van der Waals surface area contributed by atoms with Gasteiger partial charge in [0.2, 0.25) is 0 Å². The lowest BCUT2D eigenvalue weighted by Gasteiger charge is -2.47. The lowest BCUT2D eigenvalue weighted by molar-refractivity contribution is -0.257. The number of hydrogen-bond acceptors (Lipinski definition) is 3. The second kappa shape index (κ2) is 3.37. The van der Waals surface area contributed by atoms with E-state index in [4.69, 9.17) is 15.2 Å². The van der Waals surface area contributed by atoms with Gasteiger partial charge in [-0.2, -0.15) is 0 Å². The van der Waals surface area contributed by atoms with Gasteiger partial charge in [-0.15, -0.1) is 0 Å². The molecular weight excluding hydrogens is 204 g/mol. The summed E-state index contributed by atoms with van der Waals surface area (Å²) in [6, 6.07) is 0. The number of rotatable bonds is 1. The lowest BCUT2D eigenvalue weighted by atomic mass is 9.70. The van der Waals surface area contributed by atoms with Crippen LogP contribution in [0.25, 0.3) is 0 Å². The minimum absolute atomic E-state index is 0.0472. The molecule has 1 saturated heterocycles. The first kappa shape index (κ1) is 11.2. The van der Waals surface area contributed by atoms with Crippen LogP contribution < -0.4 is 5.73 Å². The SMILES string of the molecule is CC1(CN)CC2(CCC1(F)F)OCCO2. The highest BCUT2D eigenvalue weighted by molar-refractivity contribution is 5.00. The summed E-state index contributed by atoms with van der Waals surface area (Å²) >= 11 is 0. The fraction of sp³-hybridized carbons (Fsp3) is 1.00. The van der Waals surface area contributed by atoms with Crippen molar-refractivity contribution in [2.75, 3.05) is 19.8 Å². The molecular formula is C10H17F2NO2. The molecule has 0 bridgehead atoms. The minimum atomic E-state index is -2.72. The third kappa shape index (κ3) is 1.66. The summed E-state index contributed by atoms with van der Waals surface area (Å²) < 4.78 is 38.3. The van der Waals surface area contributed by atoms with E-state index in [1.165, 1.54) is 6.92 Å². The van der Waals surface area contributed by atoms with Gasteiger partial charge in [-0.1, -0.05) is 6.92 Å². The van der Waals surface area contributed by atoms with E-state index < -0.39 is 17.1 Å². The van der Waals surface area contributed by atoms with Gasteiger partial charge in [-0.05, 0) is 0 Å². The van der Waals surface area contributed by atoms with Gasteiger partial charge in [-0.25, -0.2) is 8.78 Å². The van der Waals surface area contributed by atoms with Crippen molar-refractivity contribution in [2.24, 2.45) is 11.1 Å². The van der Waals surface area contributed by atoms with Crippen molar-refractivity contribution in [3.8, 4) is 0 Å². The van der Waals surface area contributed by atoms with E-state index >= 15 is 0 Å². The number of nitrogens with two attached hydrogens (primary N) is 1. The molecule has 0 aromatic rings. The molecule has 3 nitrogen and oxygen atoms in total. The van der Waals surface area contributed by atoms with Gasteiger partial charge >= 0.3 is 0 Å². The molecule has 1 atom stereocenters. The fourth-order valence-corrected chi connectivity index (χ4v) is 2.43. The molecule has 1 saturated carbocycles. The maximum absolute atomic E-state index is 13.7. The fourth-order valence-electron chi connectivity index (χ4n) is 2.43. The van der Waals surface area contributed by atoms with Crippen molar-refractivity contribution in [1.82, 2.24) is 0 Å². The molecule has 1 spiro atoms. The Bertz CT molecular complexity index is 254. The van der Waals surface area contributed by atoms with Crippen molar-refractivity contribution < 1.29 is 18.3 Å². The molecule has 0 radical (unpaired) electrons. The minimum Gasteiger partial charge on any atom is -0.348 e. The highest BCUT2D eigenvalue weighted by Gasteiger charge is 2.59. The Morgan fingerprint density at radius 3 is 2.33 bits per heavy atom. The van der Waals surface area contributed by atoms with E-state index in [-0.39, 0.29) is 25.8 Å². The molecule has 1 heterocycles. The standard InChI is InChI=1S/C10H17F2NO2/c1-8(7-13)6-9(14-4-5-15-9)2-3-10(8,11)12/h2-7,13H2,1H3. The zero-order valence-corrected chi connectivity index (χ0v) is 8.89. The van der Waals surface area contributed by atoms with E-state index in [2.05, 4.69) is 0 Å². The van der Waals surface area contributed by atoms with Crippen molar-refractivity contribution >= 4 is 0 Å². The molecule has 88 valence electrons. The van der Waals surface area contributed by atoms with Gasteiger partial charge in [0.15, 0.2) is 5.79 Å². The number of halogens is 2. The third-order valence-corrected chi connectivity index (χ3v) is 3.63. The molecule has 15 heavy (non-hydrogen) atoms. The van der Waals surface area contributed by atoms with Gasteiger partial charge in [0, 0.05) is 31.2 Å². The zero-order chi connectivity index (χ0) is 11.2. The summed E-state index contributed by atoms with van der Waals surface area (Å²) in [6.45, 7) is 2.45. The Labute approximate surface area is 87.9 Å². The summed E-state index contributed by atoms with van der Waals surface area (Å²) in [4.78, 5) is 0. The molecule has 2 fully saturated rings. The summed E-state index contributed by atoms with van der Waals surface area (Å²) in [7, 11) is 0. The first-order valence-electron chi connectivity index (χ1n) is 5.29. The van der Waals surface area contributed by atoms with E-state index in [0.717, 1.165) is 0 Å². The van der Waals surface area contributed by atoms with E-state index in [9.17, 15) is 8.78 Å². The Kier molecular flexibility index (Phi) is 2.52. The molecule has 0 aromatic carbocycles. The van der Waals surface area contributed by atoms with Gasteiger partial charge in [-0.3, -0.25) is 0 Å². The van der Waals surface area contributed by atoms with Crippen LogP contribution in [0, 0.1) is 5.41 Å². The van der Waals surface area contributed by atoms with Crippen LogP contribution in [0.15, 0.2) is 0 Å². The second-order valence-electron chi connectivity index (χ2n) is 4.75. The van der Waals surface area contributed by atoms with Gasteiger partial charge in [0.25, 0.3) is 5.92 Å². The molecule has 5 heteroatoms. The average Bonchev–Trinajstić information content (AvgIpc) is 2.62. The number of hydrogen-bond donors (Lipinski definition) is 1. The Balaban J connectivity index is 2.20. The molecule has 0 amide bonds. The lowest BCUT2D eigenvalue weighted by Crippen LogP contribution is -2.55. The molecule has 0 aromatic heterocycles. The normalized spacial score (nSPS) is 38.4. The van der Waals surface area contributed by atoms with Crippen molar-refractivity contribution in [3.05, 3.63) is 0 Å². The van der Waals surface area contributed by atoms with Crippen LogP contribution in [0.1, 0.15) is 26.2 Å². The number of ether oxygens (including phenoxy) is 2. The van der Waals surface area contributed by atoms with Crippen molar-refractivity contribution in [1.29, 1.82) is 0 Å². The maximum Gasteiger partial charge on any atom is 0.255 e. The molecule has 1 aliphatic carbocycles. The Morgan fingerprint density at radius 2 is 1.80 bits per heavy atom. The summed E-state index contributed by atoms with van der Waals surface area (Å²) in [5, 5.41) is 0. The van der Waals surface area contributed by atoms with Crippen LogP contribution in [0.2, 0.25) is 0 Å². The summed E-state index contributed by atoms with van der Waals surface area (Å²) in [6.07, 6.45) is 0.236. The van der Waals surface area contributed by atoms with E-state index in [0.29, 0.717) is 13.2 Å². The number of alkyl halides is 2. The van der Waals surface area contributed by atoms with Gasteiger partial charge in [0.05, 0.1) is 13.2 Å². The zero-order valence-electron chi connectivity index (χ0n) is 8.89. The van der Waals surface area contributed by atoms with Crippen LogP contribution in [0.5, 0.6) is 0 Å². The van der Waals surface area contributed by atoms with E-state index in [1.54, 1.807) is 0 Å². The monoisotopic (exact) mass is 221 g/mol. The summed E-state index contributed by atoms with van der Waals surface area (Å²) in [5.74, 6) is -3.52. The molecule has 1 aliphatic heterocycles. The largest absolute Gasteiger partial charge is 0.348 e. The predicted octanol–water partition coefficient (Wildman–Crippen LogP) is 1.51. The smallest absolute Gasteiger partial charge is 0.255 e. The van der Waals surface area contributed by atoms with Crippen LogP contribution in [0.4, 0.5) is 8.78 Å². The van der Waals surface area contributed by atoms with Crippen molar-refractivity contribution in [3.63, 3.8) is 0 Å². The molecule has 2 N–H and O–H groups in total. The maximum atomic E-state index is 13.7. The molecule has 1 unspecified atom stereocenters. The first-order valence-corrected chi connectivity index (χ1v) is 5.29. The predicted molar refractivity (Wildman–Crippen MR) is 50.6 cm³/mol. The van der Waals surface area contributed by atoms with Crippen LogP contribution in [-0.4, -0.2) is 31.5 Å². The topological polar surface area (TPSA) is 44.5 Å². The van der Waals surface area contributed by atoms with E-state index in [1.807, 2.05) is 0 Å². The third-order valence-electron chi connectivity index (χ3n) is 3.63. The molecule has 2 rings (SSSR count). The summed E-state index contributed by atoms with van der Waals surface area (Å²) in [5.41, 5.74) is 4.26. The quantitative estimate of drug-likeness (QED) is 0.730. The van der Waals surface area contributed by atoms with Crippen molar-refractivity contribution in [2.45, 2.75) is 37.9 Å². The van der Waals surface area contributed by atoms with Crippen LogP contribution in [-0.2, 0) is 9.47 Å². The Hall–Kier alpha value is -0.260. The van der Waals surface area contributed by atoms with Gasteiger partial charge in [0.1, 0.15) is 0 Å². The average molecular weight is 221 g/mol. The van der Waals surface area contributed by atoms with Crippen LogP contribution in [0.3, 0.4) is 0 Å². The van der Waals surface area contributed by atoms with Gasteiger partial charge < -0.3 is 15.2 Å². The highest BCUT2D eigenvalue weighted by Crippen LogP contribution is 2.53. The highest BCUT2D eigenvalue weighted by atomic mass is 19.3. The van der Waals surface area contributed by atoms with Crippen LogP contribution >= 0.6 is 0 Å². The Morgan fingerprint density at radius 1 is 1.20 bits per heavy atom. The second-order valence-corrected chi connectivity index (χ2v) is 4.75. The molecule has 2 aliphatic rings.